The summed E-state index contributed by atoms with van der Waals surface area (Å²) in [5.74, 6) is 0. The van der Waals surface area contributed by atoms with Crippen LogP contribution < -0.4 is 4.72 Å². The molecule has 0 rings (SSSR count). The van der Waals surface area contributed by atoms with Gasteiger partial charge in [-0.2, -0.15) is 12.7 Å². The average Bonchev–Trinajstić information content (AvgIpc) is 2.33. The molecule has 0 radical (unpaired) electrons. The summed E-state index contributed by atoms with van der Waals surface area (Å²) < 4.78 is 28.1. The molecule has 0 amide bonds. The molecular formula is C12H28N2O3S. The summed E-state index contributed by atoms with van der Waals surface area (Å²) >= 11 is 0. The Morgan fingerprint density at radius 2 is 1.56 bits per heavy atom. The molecule has 0 saturated carbocycles. The quantitative estimate of drug-likeness (QED) is 0.532. The van der Waals surface area contributed by atoms with Gasteiger partial charge in [0.15, 0.2) is 0 Å². The summed E-state index contributed by atoms with van der Waals surface area (Å²) in [6, 6.07) is 0. The van der Waals surface area contributed by atoms with Crippen LogP contribution in [-0.2, 0) is 10.2 Å². The van der Waals surface area contributed by atoms with Crippen LogP contribution in [0.25, 0.3) is 0 Å². The van der Waals surface area contributed by atoms with Crippen LogP contribution >= 0.6 is 0 Å². The summed E-state index contributed by atoms with van der Waals surface area (Å²) in [5.41, 5.74) is 0. The minimum Gasteiger partial charge on any atom is -0.396 e. The zero-order valence-corrected chi connectivity index (χ0v) is 12.5. The average molecular weight is 280 g/mol. The van der Waals surface area contributed by atoms with Crippen molar-refractivity contribution in [2.24, 2.45) is 0 Å². The van der Waals surface area contributed by atoms with Crippen LogP contribution in [0.5, 0.6) is 0 Å². The third-order valence-corrected chi connectivity index (χ3v) is 4.27. The topological polar surface area (TPSA) is 69.6 Å². The van der Waals surface area contributed by atoms with E-state index < -0.39 is 10.2 Å². The van der Waals surface area contributed by atoms with E-state index in [1.165, 1.54) is 4.31 Å². The molecule has 0 aliphatic carbocycles. The third kappa shape index (κ3) is 8.02. The third-order valence-electron chi connectivity index (χ3n) is 2.66. The van der Waals surface area contributed by atoms with E-state index in [1.807, 2.05) is 13.8 Å². The van der Waals surface area contributed by atoms with Crippen LogP contribution in [0.2, 0.25) is 0 Å². The number of rotatable bonds is 12. The van der Waals surface area contributed by atoms with Crippen molar-refractivity contribution in [2.75, 3.05) is 26.2 Å². The number of nitrogens with one attached hydrogen (secondary N) is 1. The molecule has 0 aromatic heterocycles. The van der Waals surface area contributed by atoms with Crippen molar-refractivity contribution in [1.29, 1.82) is 0 Å². The Hall–Kier alpha value is -0.170. The van der Waals surface area contributed by atoms with Crippen LogP contribution in [0, 0.1) is 0 Å². The minimum absolute atomic E-state index is 0.215. The number of aliphatic hydroxyl groups excluding tert-OH is 1. The van der Waals surface area contributed by atoms with Gasteiger partial charge in [-0.1, -0.05) is 26.7 Å². The van der Waals surface area contributed by atoms with Gasteiger partial charge in [-0.25, -0.2) is 4.72 Å². The Balaban J connectivity index is 3.95. The van der Waals surface area contributed by atoms with Gasteiger partial charge in [-0.15, -0.1) is 0 Å². The zero-order chi connectivity index (χ0) is 13.9. The molecule has 2 N–H and O–H groups in total. The second kappa shape index (κ2) is 10.7. The summed E-state index contributed by atoms with van der Waals surface area (Å²) in [4.78, 5) is 0. The van der Waals surface area contributed by atoms with Crippen LogP contribution in [-0.4, -0.2) is 44.1 Å². The maximum atomic E-state index is 12.0. The van der Waals surface area contributed by atoms with E-state index in [0.717, 1.165) is 38.5 Å². The highest BCUT2D eigenvalue weighted by Crippen LogP contribution is 2.03. The molecule has 0 unspecified atom stereocenters. The van der Waals surface area contributed by atoms with Gasteiger partial charge in [-0.05, 0) is 25.7 Å². The Kier molecular flexibility index (Phi) is 10.6. The minimum atomic E-state index is -3.31. The van der Waals surface area contributed by atoms with E-state index in [9.17, 15) is 8.42 Å². The van der Waals surface area contributed by atoms with E-state index in [1.54, 1.807) is 0 Å². The molecule has 0 heterocycles. The SMILES string of the molecule is CCCN(CCC)S(=O)(=O)NCCCCCCO. The maximum absolute atomic E-state index is 12.0. The summed E-state index contributed by atoms with van der Waals surface area (Å²) in [5, 5.41) is 8.62. The highest BCUT2D eigenvalue weighted by Gasteiger charge is 2.18. The lowest BCUT2D eigenvalue weighted by molar-refractivity contribution is 0.282. The van der Waals surface area contributed by atoms with E-state index in [0.29, 0.717) is 19.6 Å². The second-order valence-electron chi connectivity index (χ2n) is 4.44. The molecule has 0 atom stereocenters. The summed E-state index contributed by atoms with van der Waals surface area (Å²) in [6.07, 6.45) is 5.18. The predicted octanol–water partition coefficient (Wildman–Crippen LogP) is 1.50. The van der Waals surface area contributed by atoms with Gasteiger partial charge in [0.05, 0.1) is 0 Å². The van der Waals surface area contributed by atoms with Crippen LogP contribution in [0.3, 0.4) is 0 Å². The molecular weight excluding hydrogens is 252 g/mol. The van der Waals surface area contributed by atoms with Gasteiger partial charge in [-0.3, -0.25) is 0 Å². The van der Waals surface area contributed by atoms with Crippen LogP contribution in [0.1, 0.15) is 52.4 Å². The number of hydrogen-bond acceptors (Lipinski definition) is 3. The molecule has 0 fully saturated rings. The van der Waals surface area contributed by atoms with Crippen molar-refractivity contribution in [3.8, 4) is 0 Å². The Labute approximate surface area is 112 Å². The lowest BCUT2D eigenvalue weighted by Gasteiger charge is -2.21. The smallest absolute Gasteiger partial charge is 0.279 e. The number of unbranched alkanes of at least 4 members (excludes halogenated alkanes) is 3. The number of hydrogen-bond donors (Lipinski definition) is 2. The second-order valence-corrected chi connectivity index (χ2v) is 6.19. The fourth-order valence-electron chi connectivity index (χ4n) is 1.73. The van der Waals surface area contributed by atoms with Gasteiger partial charge >= 0.3 is 0 Å². The molecule has 0 aromatic rings. The van der Waals surface area contributed by atoms with E-state index in [4.69, 9.17) is 5.11 Å². The Bertz CT molecular complexity index is 275. The lowest BCUT2D eigenvalue weighted by atomic mass is 10.2. The molecule has 5 nitrogen and oxygen atoms in total. The first-order valence-electron chi connectivity index (χ1n) is 6.94. The number of aliphatic hydroxyl groups is 1. The van der Waals surface area contributed by atoms with Gasteiger partial charge in [0.2, 0.25) is 0 Å². The van der Waals surface area contributed by atoms with E-state index >= 15 is 0 Å². The van der Waals surface area contributed by atoms with Crippen molar-refractivity contribution in [3.05, 3.63) is 0 Å². The van der Waals surface area contributed by atoms with Crippen molar-refractivity contribution >= 4 is 10.2 Å². The maximum Gasteiger partial charge on any atom is 0.279 e. The molecule has 0 aliphatic rings. The zero-order valence-electron chi connectivity index (χ0n) is 11.7. The first-order chi connectivity index (χ1) is 8.58. The van der Waals surface area contributed by atoms with Crippen LogP contribution in [0.4, 0.5) is 0 Å². The molecule has 0 bridgehead atoms. The first kappa shape index (κ1) is 17.8. The van der Waals surface area contributed by atoms with Gasteiger partial charge in [0.25, 0.3) is 10.2 Å². The van der Waals surface area contributed by atoms with Gasteiger partial charge in [0, 0.05) is 26.2 Å². The molecule has 6 heteroatoms. The first-order valence-corrected chi connectivity index (χ1v) is 8.38. The molecule has 110 valence electrons. The molecule has 0 saturated heterocycles. The summed E-state index contributed by atoms with van der Waals surface area (Å²) in [7, 11) is -3.31. The van der Waals surface area contributed by atoms with Gasteiger partial charge in [0.1, 0.15) is 0 Å². The van der Waals surface area contributed by atoms with Gasteiger partial charge < -0.3 is 5.11 Å². The predicted molar refractivity (Wildman–Crippen MR) is 74.6 cm³/mol. The fraction of sp³-hybridized carbons (Fsp3) is 1.00. The molecule has 0 spiro atoms. The highest BCUT2D eigenvalue weighted by atomic mass is 32.2. The lowest BCUT2D eigenvalue weighted by Crippen LogP contribution is -2.41. The normalized spacial score (nSPS) is 12.2. The monoisotopic (exact) mass is 280 g/mol. The molecule has 0 aliphatic heterocycles. The Morgan fingerprint density at radius 1 is 1.00 bits per heavy atom. The Morgan fingerprint density at radius 3 is 2.06 bits per heavy atom. The van der Waals surface area contributed by atoms with E-state index in [-0.39, 0.29) is 6.61 Å². The largest absolute Gasteiger partial charge is 0.396 e. The molecule has 18 heavy (non-hydrogen) atoms. The highest BCUT2D eigenvalue weighted by molar-refractivity contribution is 7.87. The molecule has 0 aromatic carbocycles. The van der Waals surface area contributed by atoms with E-state index in [2.05, 4.69) is 4.72 Å². The number of nitrogens with zero attached hydrogens (tertiary/aromatic N) is 1. The van der Waals surface area contributed by atoms with Crippen molar-refractivity contribution in [1.82, 2.24) is 9.03 Å². The van der Waals surface area contributed by atoms with Crippen molar-refractivity contribution < 1.29 is 13.5 Å². The van der Waals surface area contributed by atoms with Crippen molar-refractivity contribution in [2.45, 2.75) is 52.4 Å². The summed E-state index contributed by atoms with van der Waals surface area (Å²) in [6.45, 7) is 5.81. The fourth-order valence-corrected chi connectivity index (χ4v) is 3.16. The standard InChI is InChI=1S/C12H28N2O3S/c1-3-10-14(11-4-2)18(16,17)13-9-7-5-6-8-12-15/h13,15H,3-12H2,1-2H3. The van der Waals surface area contributed by atoms with Crippen LogP contribution in [0.15, 0.2) is 0 Å². The van der Waals surface area contributed by atoms with Crippen molar-refractivity contribution in [3.63, 3.8) is 0 Å².